The summed E-state index contributed by atoms with van der Waals surface area (Å²) in [5.74, 6) is 0.996. The maximum Gasteiger partial charge on any atom is 0.242 e. The Morgan fingerprint density at radius 3 is 2.47 bits per heavy atom. The first kappa shape index (κ1) is 14.8. The average molecular weight is 267 g/mol. The minimum Gasteiger partial charge on any atom is -0.341 e. The van der Waals surface area contributed by atoms with Crippen LogP contribution in [0.1, 0.15) is 51.4 Å². The smallest absolute Gasteiger partial charge is 0.242 e. The van der Waals surface area contributed by atoms with Crippen molar-refractivity contribution < 1.29 is 4.79 Å². The Labute approximate surface area is 117 Å². The number of hydrogen-bond acceptors (Lipinski definition) is 3. The van der Waals surface area contributed by atoms with Gasteiger partial charge in [0.05, 0.1) is 5.54 Å². The number of piperidine rings is 1. The topological polar surface area (TPSA) is 58.4 Å². The van der Waals surface area contributed by atoms with E-state index >= 15 is 0 Å². The highest BCUT2D eigenvalue weighted by Crippen LogP contribution is 2.29. The zero-order valence-electron chi connectivity index (χ0n) is 12.3. The van der Waals surface area contributed by atoms with Crippen LogP contribution in [0.25, 0.3) is 0 Å². The fraction of sp³-hybridized carbons (Fsp3) is 0.933. The molecular formula is C15H29N3O. The summed E-state index contributed by atoms with van der Waals surface area (Å²) >= 11 is 0. The Bertz CT molecular complexity index is 292. The number of carbonyl (C=O) groups is 1. The standard InChI is InChI=1S/C15H29N3O/c1-17-10-5-13-6-11-18(12-7-13)14(19)15(16)8-3-2-4-9-15/h13,17H,2-12,16H2,1H3. The van der Waals surface area contributed by atoms with Crippen LogP contribution in [0.5, 0.6) is 0 Å². The van der Waals surface area contributed by atoms with Gasteiger partial charge in [-0.05, 0) is 51.6 Å². The summed E-state index contributed by atoms with van der Waals surface area (Å²) in [6, 6.07) is 0. The van der Waals surface area contributed by atoms with Crippen molar-refractivity contribution in [3.63, 3.8) is 0 Å². The molecule has 1 saturated carbocycles. The molecule has 1 aliphatic heterocycles. The Kier molecular flexibility index (Phi) is 5.22. The number of nitrogens with one attached hydrogen (secondary N) is 1. The van der Waals surface area contributed by atoms with Crippen LogP contribution in [-0.4, -0.2) is 43.0 Å². The van der Waals surface area contributed by atoms with E-state index in [9.17, 15) is 4.79 Å². The summed E-state index contributed by atoms with van der Waals surface area (Å²) in [7, 11) is 2.00. The predicted molar refractivity (Wildman–Crippen MR) is 77.9 cm³/mol. The van der Waals surface area contributed by atoms with Crippen molar-refractivity contribution in [1.29, 1.82) is 0 Å². The molecule has 0 bridgehead atoms. The summed E-state index contributed by atoms with van der Waals surface area (Å²) in [5.41, 5.74) is 5.80. The lowest BCUT2D eigenvalue weighted by Crippen LogP contribution is -2.57. The molecule has 1 amide bonds. The highest BCUT2D eigenvalue weighted by molar-refractivity contribution is 5.86. The van der Waals surface area contributed by atoms with E-state index in [2.05, 4.69) is 5.32 Å². The molecule has 110 valence electrons. The van der Waals surface area contributed by atoms with Crippen molar-refractivity contribution in [3.8, 4) is 0 Å². The number of nitrogens with zero attached hydrogens (tertiary/aromatic N) is 1. The van der Waals surface area contributed by atoms with Crippen molar-refractivity contribution in [3.05, 3.63) is 0 Å². The summed E-state index contributed by atoms with van der Waals surface area (Å²) < 4.78 is 0. The predicted octanol–water partition coefficient (Wildman–Crippen LogP) is 1.50. The minimum absolute atomic E-state index is 0.222. The Hall–Kier alpha value is -0.610. The Balaban J connectivity index is 1.81. The second-order valence-electron chi connectivity index (χ2n) is 6.34. The molecule has 0 aromatic rings. The maximum absolute atomic E-state index is 12.6. The second kappa shape index (κ2) is 6.71. The van der Waals surface area contributed by atoms with E-state index in [1.165, 1.54) is 12.8 Å². The normalized spacial score (nSPS) is 24.4. The molecule has 0 aromatic carbocycles. The lowest BCUT2D eigenvalue weighted by Gasteiger charge is -2.40. The quantitative estimate of drug-likeness (QED) is 0.811. The first-order valence-electron chi connectivity index (χ1n) is 7.88. The van der Waals surface area contributed by atoms with Gasteiger partial charge in [0.2, 0.25) is 5.91 Å². The highest BCUT2D eigenvalue weighted by atomic mass is 16.2. The summed E-state index contributed by atoms with van der Waals surface area (Å²) in [6.45, 7) is 2.90. The molecule has 1 heterocycles. The lowest BCUT2D eigenvalue weighted by molar-refractivity contribution is -0.139. The van der Waals surface area contributed by atoms with Crippen molar-refractivity contribution in [2.24, 2.45) is 11.7 Å². The number of hydrogen-bond donors (Lipinski definition) is 2. The van der Waals surface area contributed by atoms with Gasteiger partial charge in [-0.3, -0.25) is 4.79 Å². The van der Waals surface area contributed by atoms with E-state index in [0.29, 0.717) is 0 Å². The third kappa shape index (κ3) is 3.69. The SMILES string of the molecule is CNCCC1CCN(C(=O)C2(N)CCCCC2)CC1. The van der Waals surface area contributed by atoms with Crippen molar-refractivity contribution in [2.45, 2.75) is 56.9 Å². The van der Waals surface area contributed by atoms with Gasteiger partial charge in [0.25, 0.3) is 0 Å². The number of carbonyl (C=O) groups excluding carboxylic acids is 1. The third-order valence-electron chi connectivity index (χ3n) is 4.88. The van der Waals surface area contributed by atoms with E-state index in [4.69, 9.17) is 5.73 Å². The third-order valence-corrected chi connectivity index (χ3v) is 4.88. The second-order valence-corrected chi connectivity index (χ2v) is 6.34. The molecule has 4 nitrogen and oxygen atoms in total. The molecule has 4 heteroatoms. The highest BCUT2D eigenvalue weighted by Gasteiger charge is 2.39. The van der Waals surface area contributed by atoms with E-state index in [1.807, 2.05) is 11.9 Å². The first-order valence-corrected chi connectivity index (χ1v) is 7.88. The molecule has 0 unspecified atom stereocenters. The molecular weight excluding hydrogens is 238 g/mol. The van der Waals surface area contributed by atoms with Gasteiger partial charge in [-0.15, -0.1) is 0 Å². The van der Waals surface area contributed by atoms with E-state index < -0.39 is 5.54 Å². The molecule has 0 atom stereocenters. The van der Waals surface area contributed by atoms with Crippen LogP contribution in [-0.2, 0) is 4.79 Å². The molecule has 0 spiro atoms. The van der Waals surface area contributed by atoms with Crippen LogP contribution >= 0.6 is 0 Å². The van der Waals surface area contributed by atoms with Crippen LogP contribution in [0, 0.1) is 5.92 Å². The minimum atomic E-state index is -0.546. The van der Waals surface area contributed by atoms with Crippen LogP contribution in [0.15, 0.2) is 0 Å². The summed E-state index contributed by atoms with van der Waals surface area (Å²) in [6.07, 6.45) is 8.73. The van der Waals surface area contributed by atoms with E-state index in [1.54, 1.807) is 0 Å². The van der Waals surface area contributed by atoms with Crippen LogP contribution in [0.2, 0.25) is 0 Å². The van der Waals surface area contributed by atoms with E-state index in [0.717, 1.165) is 64.1 Å². The van der Waals surface area contributed by atoms with Crippen LogP contribution in [0.3, 0.4) is 0 Å². The van der Waals surface area contributed by atoms with Crippen molar-refractivity contribution in [2.75, 3.05) is 26.7 Å². The largest absolute Gasteiger partial charge is 0.341 e. The van der Waals surface area contributed by atoms with Crippen molar-refractivity contribution in [1.82, 2.24) is 10.2 Å². The monoisotopic (exact) mass is 267 g/mol. The van der Waals surface area contributed by atoms with Gasteiger partial charge < -0.3 is 16.0 Å². The molecule has 3 N–H and O–H groups in total. The molecule has 0 radical (unpaired) electrons. The molecule has 2 fully saturated rings. The number of rotatable bonds is 4. The van der Waals surface area contributed by atoms with E-state index in [-0.39, 0.29) is 5.91 Å². The van der Waals surface area contributed by atoms with Gasteiger partial charge in [-0.25, -0.2) is 0 Å². The number of likely N-dealkylation sites (tertiary alicyclic amines) is 1. The molecule has 19 heavy (non-hydrogen) atoms. The van der Waals surface area contributed by atoms with Crippen LogP contribution < -0.4 is 11.1 Å². The van der Waals surface area contributed by atoms with Gasteiger partial charge in [-0.2, -0.15) is 0 Å². The van der Waals surface area contributed by atoms with Crippen LogP contribution in [0.4, 0.5) is 0 Å². The molecule has 2 rings (SSSR count). The summed E-state index contributed by atoms with van der Waals surface area (Å²) in [5, 5.41) is 3.21. The average Bonchev–Trinajstić information content (AvgIpc) is 2.46. The maximum atomic E-state index is 12.6. The summed E-state index contributed by atoms with van der Waals surface area (Å²) in [4.78, 5) is 14.6. The number of amides is 1. The van der Waals surface area contributed by atoms with Gasteiger partial charge in [0, 0.05) is 13.1 Å². The zero-order chi connectivity index (χ0) is 13.7. The number of nitrogens with two attached hydrogens (primary N) is 1. The fourth-order valence-electron chi connectivity index (χ4n) is 3.48. The molecule has 1 aliphatic carbocycles. The Morgan fingerprint density at radius 2 is 1.89 bits per heavy atom. The molecule has 0 aromatic heterocycles. The Morgan fingerprint density at radius 1 is 1.26 bits per heavy atom. The van der Waals surface area contributed by atoms with Gasteiger partial charge in [0.1, 0.15) is 0 Å². The first-order chi connectivity index (χ1) is 9.15. The van der Waals surface area contributed by atoms with Gasteiger partial charge in [0.15, 0.2) is 0 Å². The molecule has 1 saturated heterocycles. The van der Waals surface area contributed by atoms with Gasteiger partial charge in [-0.1, -0.05) is 19.3 Å². The lowest BCUT2D eigenvalue weighted by atomic mass is 9.81. The van der Waals surface area contributed by atoms with Crippen molar-refractivity contribution >= 4 is 5.91 Å². The fourth-order valence-corrected chi connectivity index (χ4v) is 3.48. The van der Waals surface area contributed by atoms with Gasteiger partial charge >= 0.3 is 0 Å². The molecule has 2 aliphatic rings. The zero-order valence-corrected chi connectivity index (χ0v) is 12.3.